The van der Waals surface area contributed by atoms with Gasteiger partial charge in [-0.25, -0.2) is 0 Å². The van der Waals surface area contributed by atoms with E-state index >= 15 is 0 Å². The van der Waals surface area contributed by atoms with E-state index in [9.17, 15) is 4.79 Å². The van der Waals surface area contributed by atoms with Crippen LogP contribution in [0.3, 0.4) is 0 Å². The minimum Gasteiger partial charge on any atom is -0.481 e. The van der Waals surface area contributed by atoms with Crippen LogP contribution < -0.4 is 0 Å². The third kappa shape index (κ3) is 29.3. The molecule has 0 aliphatic rings. The monoisotopic (exact) mass is 448 g/mol. The maximum atomic E-state index is 10.3. The fourth-order valence-corrected chi connectivity index (χ4v) is 3.01. The van der Waals surface area contributed by atoms with Gasteiger partial charge in [0.25, 0.3) is 0 Å². The van der Waals surface area contributed by atoms with Crippen LogP contribution in [-0.4, -0.2) is 77.1 Å². The van der Waals surface area contributed by atoms with Crippen LogP contribution in [0.5, 0.6) is 0 Å². The Bertz CT molecular complexity index is 353. The second-order valence-electron chi connectivity index (χ2n) is 7.74. The molecule has 0 saturated heterocycles. The van der Waals surface area contributed by atoms with Crippen molar-refractivity contribution in [2.75, 3.05) is 66.1 Å². The van der Waals surface area contributed by atoms with Crippen LogP contribution in [-0.2, 0) is 28.5 Å². The molecule has 0 unspecified atom stereocenters. The molecule has 31 heavy (non-hydrogen) atoms. The van der Waals surface area contributed by atoms with Gasteiger partial charge in [-0.3, -0.25) is 4.79 Å². The van der Waals surface area contributed by atoms with E-state index in [2.05, 4.69) is 6.92 Å². The SMILES string of the molecule is CCCCCCCCCCCCCOCCOCCOCCOCCOCCC(=O)O. The molecule has 0 bridgehead atoms. The van der Waals surface area contributed by atoms with Crippen molar-refractivity contribution < 1.29 is 33.6 Å². The first-order valence-electron chi connectivity index (χ1n) is 12.4. The first-order valence-corrected chi connectivity index (χ1v) is 12.4. The lowest BCUT2D eigenvalue weighted by Crippen LogP contribution is -2.13. The van der Waals surface area contributed by atoms with Crippen LogP contribution in [0.1, 0.15) is 84.0 Å². The average Bonchev–Trinajstić information content (AvgIpc) is 2.76. The van der Waals surface area contributed by atoms with Gasteiger partial charge in [0, 0.05) is 6.61 Å². The predicted octanol–water partition coefficient (Wildman–Crippen LogP) is 4.86. The van der Waals surface area contributed by atoms with Gasteiger partial charge >= 0.3 is 5.97 Å². The highest BCUT2D eigenvalue weighted by Gasteiger charge is 1.97. The van der Waals surface area contributed by atoms with E-state index in [1.54, 1.807) is 0 Å². The number of ether oxygens (including phenoxy) is 5. The molecule has 0 spiro atoms. The third-order valence-electron chi connectivity index (χ3n) is 4.84. The summed E-state index contributed by atoms with van der Waals surface area (Å²) in [6, 6.07) is 0. The van der Waals surface area contributed by atoms with Gasteiger partial charge in [0.1, 0.15) is 0 Å². The van der Waals surface area contributed by atoms with Gasteiger partial charge in [-0.1, -0.05) is 71.1 Å². The first-order chi connectivity index (χ1) is 15.3. The molecule has 7 nitrogen and oxygen atoms in total. The minimum atomic E-state index is -0.854. The topological polar surface area (TPSA) is 83.5 Å². The maximum absolute atomic E-state index is 10.3. The van der Waals surface area contributed by atoms with Crippen LogP contribution in [0.2, 0.25) is 0 Å². The minimum absolute atomic E-state index is 0.0213. The lowest BCUT2D eigenvalue weighted by atomic mass is 10.1. The highest BCUT2D eigenvalue weighted by atomic mass is 16.6. The molecule has 0 saturated carbocycles. The van der Waals surface area contributed by atoms with Crippen LogP contribution in [0.15, 0.2) is 0 Å². The zero-order valence-corrected chi connectivity index (χ0v) is 20.0. The van der Waals surface area contributed by atoms with Crippen LogP contribution >= 0.6 is 0 Å². The number of unbranched alkanes of at least 4 members (excludes halogenated alkanes) is 10. The second kappa shape index (κ2) is 27.3. The summed E-state index contributed by atoms with van der Waals surface area (Å²) in [6.45, 7) is 7.49. The summed E-state index contributed by atoms with van der Waals surface area (Å²) in [6.07, 6.45) is 14.9. The second-order valence-corrected chi connectivity index (χ2v) is 7.74. The molecular weight excluding hydrogens is 400 g/mol. The quantitative estimate of drug-likeness (QED) is 0.180. The van der Waals surface area contributed by atoms with Gasteiger partial charge in [-0.2, -0.15) is 0 Å². The molecule has 0 aromatic carbocycles. The summed E-state index contributed by atoms with van der Waals surface area (Å²) in [7, 11) is 0. The maximum Gasteiger partial charge on any atom is 0.305 e. The Hall–Kier alpha value is -0.730. The summed E-state index contributed by atoms with van der Waals surface area (Å²) >= 11 is 0. The third-order valence-corrected chi connectivity index (χ3v) is 4.84. The number of hydrogen-bond acceptors (Lipinski definition) is 6. The van der Waals surface area contributed by atoms with Gasteiger partial charge in [0.15, 0.2) is 0 Å². The molecule has 0 aliphatic carbocycles. The predicted molar refractivity (Wildman–Crippen MR) is 123 cm³/mol. The summed E-state index contributed by atoms with van der Waals surface area (Å²) in [5.41, 5.74) is 0. The Labute approximate surface area is 190 Å². The standard InChI is InChI=1S/C24H48O7/c1-2-3-4-5-6-7-8-9-10-11-12-14-27-16-18-29-20-22-31-23-21-30-19-17-28-15-13-24(25)26/h2-23H2,1H3,(H,25,26). The highest BCUT2D eigenvalue weighted by molar-refractivity contribution is 5.66. The Balaban J connectivity index is 3.00. The highest BCUT2D eigenvalue weighted by Crippen LogP contribution is 2.11. The fourth-order valence-electron chi connectivity index (χ4n) is 3.01. The summed E-state index contributed by atoms with van der Waals surface area (Å²) < 4.78 is 26.9. The summed E-state index contributed by atoms with van der Waals surface area (Å²) in [5, 5.41) is 8.46. The number of carboxylic acid groups (broad SMARTS) is 1. The molecule has 0 aromatic heterocycles. The molecule has 0 aliphatic heterocycles. The zero-order chi connectivity index (χ0) is 22.7. The molecule has 0 rings (SSSR count). The van der Waals surface area contributed by atoms with Crippen molar-refractivity contribution in [1.29, 1.82) is 0 Å². The van der Waals surface area contributed by atoms with E-state index in [0.717, 1.165) is 13.0 Å². The smallest absolute Gasteiger partial charge is 0.305 e. The van der Waals surface area contributed by atoms with Crippen molar-refractivity contribution in [1.82, 2.24) is 0 Å². The molecule has 186 valence electrons. The lowest BCUT2D eigenvalue weighted by Gasteiger charge is -2.08. The van der Waals surface area contributed by atoms with Crippen molar-refractivity contribution in [2.45, 2.75) is 84.0 Å². The van der Waals surface area contributed by atoms with Gasteiger partial charge in [0.2, 0.25) is 0 Å². The normalized spacial score (nSPS) is 11.3. The molecular formula is C24H48O7. The molecule has 0 fully saturated rings. The van der Waals surface area contributed by atoms with Crippen molar-refractivity contribution in [3.05, 3.63) is 0 Å². The van der Waals surface area contributed by atoms with E-state index in [1.165, 1.54) is 64.2 Å². The number of aliphatic carboxylic acids is 1. The largest absolute Gasteiger partial charge is 0.481 e. The van der Waals surface area contributed by atoms with Gasteiger partial charge in [-0.15, -0.1) is 0 Å². The summed E-state index contributed by atoms with van der Waals surface area (Å²) in [5.74, 6) is -0.854. The molecule has 0 amide bonds. The van der Waals surface area contributed by atoms with Crippen LogP contribution in [0, 0.1) is 0 Å². The van der Waals surface area contributed by atoms with E-state index in [1.807, 2.05) is 0 Å². The first kappa shape index (κ1) is 30.3. The van der Waals surface area contributed by atoms with Crippen molar-refractivity contribution in [3.8, 4) is 0 Å². The van der Waals surface area contributed by atoms with E-state index in [-0.39, 0.29) is 13.0 Å². The van der Waals surface area contributed by atoms with Gasteiger partial charge in [-0.05, 0) is 6.42 Å². The lowest BCUT2D eigenvalue weighted by molar-refractivity contribution is -0.138. The number of hydrogen-bond donors (Lipinski definition) is 1. The van der Waals surface area contributed by atoms with Crippen LogP contribution in [0.25, 0.3) is 0 Å². The molecule has 1 N–H and O–H groups in total. The number of rotatable bonds is 27. The van der Waals surface area contributed by atoms with Gasteiger partial charge < -0.3 is 28.8 Å². The zero-order valence-electron chi connectivity index (χ0n) is 20.0. The Morgan fingerprint density at radius 2 is 0.806 bits per heavy atom. The Kier molecular flexibility index (Phi) is 26.7. The average molecular weight is 449 g/mol. The molecule has 7 heteroatoms. The fraction of sp³-hybridized carbons (Fsp3) is 0.958. The summed E-state index contributed by atoms with van der Waals surface area (Å²) in [4.78, 5) is 10.3. The number of carboxylic acids is 1. The van der Waals surface area contributed by atoms with E-state index in [0.29, 0.717) is 52.9 Å². The Morgan fingerprint density at radius 1 is 0.484 bits per heavy atom. The molecule has 0 radical (unpaired) electrons. The van der Waals surface area contributed by atoms with E-state index in [4.69, 9.17) is 28.8 Å². The molecule has 0 aromatic rings. The van der Waals surface area contributed by atoms with Crippen molar-refractivity contribution in [2.24, 2.45) is 0 Å². The molecule has 0 heterocycles. The van der Waals surface area contributed by atoms with Crippen molar-refractivity contribution >= 4 is 5.97 Å². The van der Waals surface area contributed by atoms with Gasteiger partial charge in [0.05, 0.1) is 65.9 Å². The van der Waals surface area contributed by atoms with Crippen molar-refractivity contribution in [3.63, 3.8) is 0 Å². The molecule has 0 atom stereocenters. The van der Waals surface area contributed by atoms with E-state index < -0.39 is 5.97 Å². The van der Waals surface area contributed by atoms with Crippen LogP contribution in [0.4, 0.5) is 0 Å². The number of carbonyl (C=O) groups is 1. The Morgan fingerprint density at radius 3 is 1.19 bits per heavy atom.